The first kappa shape index (κ1) is 22.7. The molecule has 2 aliphatic rings. The molecule has 3 aromatic carbocycles. The highest BCUT2D eigenvalue weighted by atomic mass is 16.6. The van der Waals surface area contributed by atoms with Crippen LogP contribution in [-0.4, -0.2) is 48.3 Å². The van der Waals surface area contributed by atoms with Crippen LogP contribution in [-0.2, 0) is 4.74 Å². The van der Waals surface area contributed by atoms with Gasteiger partial charge in [-0.05, 0) is 24.3 Å². The van der Waals surface area contributed by atoms with Gasteiger partial charge in [-0.15, -0.1) is 0 Å². The molecule has 1 atom stereocenters. The van der Waals surface area contributed by atoms with Crippen molar-refractivity contribution in [2.45, 2.75) is 5.66 Å². The lowest BCUT2D eigenvalue weighted by molar-refractivity contribution is -0.384. The SMILES string of the molecule is O=[N+]([O-])c1ccc(N2N=NCC2(/C=C(/Oc2ccccc2)c2ccccc2)N2CCOCC2)cc1. The smallest absolute Gasteiger partial charge is 0.269 e. The fourth-order valence-corrected chi connectivity index (χ4v) is 4.32. The van der Waals surface area contributed by atoms with E-state index in [0.717, 1.165) is 5.56 Å². The Balaban J connectivity index is 1.62. The third-order valence-corrected chi connectivity index (χ3v) is 6.08. The summed E-state index contributed by atoms with van der Waals surface area (Å²) >= 11 is 0. The number of nitrogens with zero attached hydrogens (tertiary/aromatic N) is 5. The molecule has 0 aromatic heterocycles. The summed E-state index contributed by atoms with van der Waals surface area (Å²) in [7, 11) is 0. The average Bonchev–Trinajstić information content (AvgIpc) is 3.34. The summed E-state index contributed by atoms with van der Waals surface area (Å²) < 4.78 is 12.0. The normalized spacial score (nSPS) is 20.7. The number of anilines is 1. The first-order valence-electron chi connectivity index (χ1n) is 11.4. The van der Waals surface area contributed by atoms with Crippen LogP contribution in [0, 0.1) is 10.1 Å². The Morgan fingerprint density at radius 2 is 1.63 bits per heavy atom. The van der Waals surface area contributed by atoms with Crippen LogP contribution in [0.4, 0.5) is 11.4 Å². The van der Waals surface area contributed by atoms with E-state index < -0.39 is 10.6 Å². The van der Waals surface area contributed by atoms with Gasteiger partial charge >= 0.3 is 0 Å². The Hall–Kier alpha value is -4.08. The number of non-ortho nitro benzene ring substituents is 1. The van der Waals surface area contributed by atoms with Gasteiger partial charge in [0.1, 0.15) is 18.1 Å². The van der Waals surface area contributed by atoms with E-state index in [1.54, 1.807) is 12.1 Å². The molecule has 0 aliphatic carbocycles. The van der Waals surface area contributed by atoms with E-state index in [0.29, 0.717) is 50.0 Å². The van der Waals surface area contributed by atoms with Crippen LogP contribution in [0.2, 0.25) is 0 Å². The molecular weight excluding hydrogens is 446 g/mol. The summed E-state index contributed by atoms with van der Waals surface area (Å²) in [4.78, 5) is 13.0. The minimum atomic E-state index is -0.778. The molecule has 0 saturated carbocycles. The lowest BCUT2D eigenvalue weighted by Gasteiger charge is -2.44. The summed E-state index contributed by atoms with van der Waals surface area (Å²) in [6, 6.07) is 25.9. The van der Waals surface area contributed by atoms with Crippen LogP contribution in [0.1, 0.15) is 5.56 Å². The van der Waals surface area contributed by atoms with Crippen molar-refractivity contribution >= 4 is 17.1 Å². The molecule has 0 amide bonds. The van der Waals surface area contributed by atoms with Crippen molar-refractivity contribution in [1.29, 1.82) is 0 Å². The summed E-state index contributed by atoms with van der Waals surface area (Å²) in [6.45, 7) is 2.91. The van der Waals surface area contributed by atoms with Crippen LogP contribution < -0.4 is 9.75 Å². The molecule has 0 radical (unpaired) electrons. The van der Waals surface area contributed by atoms with Crippen LogP contribution in [0.15, 0.2) is 101 Å². The van der Waals surface area contributed by atoms with Crippen LogP contribution in [0.25, 0.3) is 5.76 Å². The third-order valence-electron chi connectivity index (χ3n) is 6.08. The Morgan fingerprint density at radius 1 is 0.971 bits per heavy atom. The molecular formula is C26H25N5O4. The molecule has 2 aliphatic heterocycles. The number of nitro groups is 1. The minimum Gasteiger partial charge on any atom is -0.457 e. The van der Waals surface area contributed by atoms with Gasteiger partial charge in [0.2, 0.25) is 0 Å². The predicted octanol–water partition coefficient (Wildman–Crippen LogP) is 4.93. The number of hydrogen-bond donors (Lipinski definition) is 0. The highest BCUT2D eigenvalue weighted by Crippen LogP contribution is 2.38. The molecule has 9 heteroatoms. The van der Waals surface area contributed by atoms with Gasteiger partial charge in [-0.1, -0.05) is 53.8 Å². The zero-order valence-electron chi connectivity index (χ0n) is 19.1. The molecule has 1 unspecified atom stereocenters. The molecule has 0 N–H and O–H groups in total. The molecule has 1 fully saturated rings. The number of morpholine rings is 1. The molecule has 0 bridgehead atoms. The van der Waals surface area contributed by atoms with E-state index in [9.17, 15) is 10.1 Å². The first-order valence-corrected chi connectivity index (χ1v) is 11.4. The number of nitro benzene ring substituents is 1. The molecule has 35 heavy (non-hydrogen) atoms. The van der Waals surface area contributed by atoms with Crippen molar-refractivity contribution < 1.29 is 14.4 Å². The molecule has 3 aromatic rings. The van der Waals surface area contributed by atoms with Crippen molar-refractivity contribution in [3.63, 3.8) is 0 Å². The van der Waals surface area contributed by atoms with Crippen molar-refractivity contribution in [1.82, 2.24) is 4.90 Å². The van der Waals surface area contributed by atoms with Crippen molar-refractivity contribution in [3.8, 4) is 5.75 Å². The molecule has 1 saturated heterocycles. The molecule has 178 valence electrons. The van der Waals surface area contributed by atoms with E-state index in [1.165, 1.54) is 12.1 Å². The average molecular weight is 472 g/mol. The van der Waals surface area contributed by atoms with Gasteiger partial charge in [-0.3, -0.25) is 15.0 Å². The lowest BCUT2D eigenvalue weighted by atomic mass is 10.0. The van der Waals surface area contributed by atoms with Crippen molar-refractivity contribution in [2.75, 3.05) is 37.9 Å². The molecule has 5 rings (SSSR count). The van der Waals surface area contributed by atoms with Gasteiger partial charge in [0, 0.05) is 36.9 Å². The topological polar surface area (TPSA) is 92.8 Å². The van der Waals surface area contributed by atoms with Crippen molar-refractivity contribution in [2.24, 2.45) is 10.3 Å². The van der Waals surface area contributed by atoms with Gasteiger partial charge in [0.05, 0.1) is 23.8 Å². The number of benzene rings is 3. The number of hydrogen-bond acceptors (Lipinski definition) is 8. The largest absolute Gasteiger partial charge is 0.457 e. The molecule has 2 heterocycles. The van der Waals surface area contributed by atoms with Crippen LogP contribution in [0.3, 0.4) is 0 Å². The second kappa shape index (κ2) is 10.0. The van der Waals surface area contributed by atoms with Gasteiger partial charge in [0.15, 0.2) is 5.66 Å². The Bertz CT molecular complexity index is 1210. The van der Waals surface area contributed by atoms with E-state index in [-0.39, 0.29) is 5.69 Å². The maximum absolute atomic E-state index is 11.2. The van der Waals surface area contributed by atoms with Crippen molar-refractivity contribution in [3.05, 3.63) is 107 Å². The van der Waals surface area contributed by atoms with Gasteiger partial charge < -0.3 is 9.47 Å². The molecule has 9 nitrogen and oxygen atoms in total. The highest BCUT2D eigenvalue weighted by molar-refractivity contribution is 5.66. The maximum atomic E-state index is 11.2. The van der Waals surface area contributed by atoms with Crippen LogP contribution >= 0.6 is 0 Å². The van der Waals surface area contributed by atoms with E-state index in [2.05, 4.69) is 21.3 Å². The third kappa shape index (κ3) is 4.77. The number of ether oxygens (including phenoxy) is 2. The van der Waals surface area contributed by atoms with Gasteiger partial charge in [-0.25, -0.2) is 5.01 Å². The zero-order chi connectivity index (χ0) is 24.1. The van der Waals surface area contributed by atoms with Gasteiger partial charge in [0.25, 0.3) is 5.69 Å². The Kier molecular flexibility index (Phi) is 6.51. The summed E-state index contributed by atoms with van der Waals surface area (Å²) in [6.07, 6.45) is 2.06. The molecule has 0 spiro atoms. The quantitative estimate of drug-likeness (QED) is 0.276. The Morgan fingerprint density at radius 3 is 2.29 bits per heavy atom. The maximum Gasteiger partial charge on any atom is 0.269 e. The van der Waals surface area contributed by atoms with E-state index in [4.69, 9.17) is 9.47 Å². The lowest BCUT2D eigenvalue weighted by Crippen LogP contribution is -2.61. The van der Waals surface area contributed by atoms with Gasteiger partial charge in [-0.2, -0.15) is 5.11 Å². The second-order valence-electron chi connectivity index (χ2n) is 8.24. The zero-order valence-corrected chi connectivity index (χ0v) is 19.1. The summed E-state index contributed by atoms with van der Waals surface area (Å²) in [5, 5.41) is 21.9. The second-order valence-corrected chi connectivity index (χ2v) is 8.24. The summed E-state index contributed by atoms with van der Waals surface area (Å²) in [5.41, 5.74) is 0.862. The first-order chi connectivity index (χ1) is 17.2. The predicted molar refractivity (Wildman–Crippen MR) is 132 cm³/mol. The van der Waals surface area contributed by atoms with E-state index in [1.807, 2.05) is 65.7 Å². The van der Waals surface area contributed by atoms with Crippen LogP contribution in [0.5, 0.6) is 5.75 Å². The Labute approximate surface area is 203 Å². The standard InChI is InChI=1S/C26H25N5O4/c32-31(33)23-13-11-22(12-14-23)30-26(20-27-28-30,29-15-17-34-18-16-29)19-25(21-7-3-1-4-8-21)35-24-9-5-2-6-10-24/h1-14,19H,15-18,20H2/b25-19+. The monoisotopic (exact) mass is 471 g/mol. The number of para-hydroxylation sites is 1. The highest BCUT2D eigenvalue weighted by Gasteiger charge is 2.46. The van der Waals surface area contributed by atoms with E-state index >= 15 is 0 Å². The minimum absolute atomic E-state index is 0.0229. The fourth-order valence-electron chi connectivity index (χ4n) is 4.32. The number of rotatable bonds is 7. The summed E-state index contributed by atoms with van der Waals surface area (Å²) in [5.74, 6) is 1.39. The fraction of sp³-hybridized carbons (Fsp3) is 0.231.